The Kier molecular flexibility index (Phi) is 20.3. The zero-order valence-electron chi connectivity index (χ0n) is 48.7. The van der Waals surface area contributed by atoms with Crippen LogP contribution in [0.1, 0.15) is 87.1 Å². The van der Waals surface area contributed by atoms with E-state index in [2.05, 4.69) is 21.3 Å². The predicted molar refractivity (Wildman–Crippen MR) is 337 cm³/mol. The van der Waals surface area contributed by atoms with E-state index < -0.39 is 42.9 Å². The number of ether oxygens (including phenoxy) is 6. The Morgan fingerprint density at radius 3 is 1.23 bits per heavy atom. The summed E-state index contributed by atoms with van der Waals surface area (Å²) < 4.78 is 39.3. The number of hydrogen-bond donors (Lipinski definition) is 5. The molecule has 2 aliphatic carbocycles. The second kappa shape index (κ2) is 28.2. The molecule has 0 bridgehead atoms. The quantitative estimate of drug-likeness (QED) is 0.0326. The minimum absolute atomic E-state index is 0. The van der Waals surface area contributed by atoms with Crippen LogP contribution in [-0.2, 0) is 51.7 Å². The zero-order chi connectivity index (χ0) is 61.5. The number of aromatic nitrogens is 3. The third-order valence-electron chi connectivity index (χ3n) is 16.1. The van der Waals surface area contributed by atoms with E-state index in [-0.39, 0.29) is 52.9 Å². The molecule has 3 heterocycles. The standard InChI is InChI=1S/C23H24N2O5.C23H20N2O5.C22H24N2O3.Na.H/c2*1-29-15-10-18-22(19(11-15)30-20(27)13-26)21-16(23(24)28)8-5-9-17(21)25(18)12-14-6-3-2-4-7-14;1-26-15-11-18-21(19(12-15)27-2)20-16(22(23)25)9-6-10-17(20)24(18)13-14-7-4-3-5-8-14;;/h2-4,6-7,10-11,16,26H,5,8-9,12-13H2,1H3,(H2,24,28);2-11,26H,12-13H2,1H3,(H2,24,28);3-5,7-8,11-12,16H,6,9-10,13H2,1-2H3,(H2,23,25);;. The van der Waals surface area contributed by atoms with Crippen molar-refractivity contribution >= 4 is 103 Å². The molecule has 3 amide bonds. The van der Waals surface area contributed by atoms with E-state index in [0.29, 0.717) is 58.2 Å². The Morgan fingerprint density at radius 1 is 0.455 bits per heavy atom. The number of nitrogens with two attached hydrogens (primary N) is 3. The van der Waals surface area contributed by atoms with E-state index in [4.69, 9.17) is 50.7 Å². The first-order valence-corrected chi connectivity index (χ1v) is 28.5. The number of hydrogen-bond acceptors (Lipinski definition) is 13. The SMILES string of the molecule is COc1cc(OC(=O)CO)c2c3c(C(N)=O)cccc3n(Cc3ccccc3)c2c1.COc1cc(OC(=O)CO)c2c3c(n(Cc4ccccc4)c2c1)CCCC3C(N)=O.COc1cc(OC)c2c3c(n(Cc4ccccc4)c2c1)CCCC3C(N)=O.[NaH]. The van der Waals surface area contributed by atoms with Crippen molar-refractivity contribution in [2.45, 2.75) is 70.0 Å². The Labute approximate surface area is 529 Å². The van der Waals surface area contributed by atoms with Crippen LogP contribution in [0.25, 0.3) is 43.6 Å². The topological polar surface area (TPSA) is 274 Å². The van der Waals surface area contributed by atoms with Crippen LogP contribution in [0.15, 0.2) is 146 Å². The van der Waals surface area contributed by atoms with Gasteiger partial charge in [-0.25, -0.2) is 9.59 Å². The first kappa shape index (κ1) is 63.4. The molecule has 0 spiro atoms. The number of methoxy groups -OCH3 is 4. The van der Waals surface area contributed by atoms with Crippen molar-refractivity contribution in [1.29, 1.82) is 0 Å². The van der Waals surface area contributed by atoms with Gasteiger partial charge in [0.1, 0.15) is 47.7 Å². The summed E-state index contributed by atoms with van der Waals surface area (Å²) >= 11 is 0. The molecule has 20 heteroatoms. The average Bonchev–Trinajstić information content (AvgIpc) is 1.81. The summed E-state index contributed by atoms with van der Waals surface area (Å²) in [6.07, 6.45) is 4.93. The molecule has 0 aliphatic heterocycles. The summed E-state index contributed by atoms with van der Waals surface area (Å²) in [4.78, 5) is 60.4. The van der Waals surface area contributed by atoms with Gasteiger partial charge in [0, 0.05) is 89.1 Å². The van der Waals surface area contributed by atoms with Crippen molar-refractivity contribution < 1.29 is 62.6 Å². The second-order valence-electron chi connectivity index (χ2n) is 21.2. The van der Waals surface area contributed by atoms with Gasteiger partial charge < -0.3 is 69.5 Å². The third-order valence-corrected chi connectivity index (χ3v) is 16.1. The van der Waals surface area contributed by atoms with E-state index >= 15 is 0 Å². The van der Waals surface area contributed by atoms with Gasteiger partial charge in [0.2, 0.25) is 17.7 Å². The number of nitrogens with zero attached hydrogens (tertiary/aromatic N) is 3. The van der Waals surface area contributed by atoms with E-state index in [1.54, 1.807) is 38.5 Å². The van der Waals surface area contributed by atoms with Crippen LogP contribution in [0.3, 0.4) is 0 Å². The molecule has 10 aromatic rings. The van der Waals surface area contributed by atoms with Crippen LogP contribution in [0.5, 0.6) is 34.5 Å². The molecule has 2 unspecified atom stereocenters. The van der Waals surface area contributed by atoms with E-state index in [1.165, 1.54) is 25.5 Å². The molecule has 7 aromatic carbocycles. The fourth-order valence-corrected chi connectivity index (χ4v) is 12.3. The number of carbonyl (C=O) groups excluding carboxylic acids is 5. The summed E-state index contributed by atoms with van der Waals surface area (Å²) in [5.74, 6) is -0.696. The summed E-state index contributed by atoms with van der Waals surface area (Å²) in [7, 11) is 6.35. The Balaban J connectivity index is 0.000000156. The molecule has 450 valence electrons. The summed E-state index contributed by atoms with van der Waals surface area (Å²) in [5, 5.41) is 21.1. The van der Waals surface area contributed by atoms with Crippen LogP contribution in [0.4, 0.5) is 0 Å². The number of benzene rings is 7. The normalized spacial score (nSPS) is 14.0. The molecule has 0 saturated carbocycles. The van der Waals surface area contributed by atoms with Crippen LogP contribution in [-0.4, -0.2) is 125 Å². The number of fused-ring (bicyclic) bond motifs is 9. The monoisotopic (exact) mass is 1200 g/mol. The van der Waals surface area contributed by atoms with Gasteiger partial charge in [-0.1, -0.05) is 97.1 Å². The number of primary amides is 3. The second-order valence-corrected chi connectivity index (χ2v) is 21.2. The van der Waals surface area contributed by atoms with Crippen molar-refractivity contribution in [3.05, 3.63) is 190 Å². The van der Waals surface area contributed by atoms with Gasteiger partial charge in [-0.05, 0) is 78.5 Å². The molecule has 8 N–H and O–H groups in total. The number of esters is 2. The molecule has 12 rings (SSSR count). The zero-order valence-corrected chi connectivity index (χ0v) is 48.7. The first-order valence-electron chi connectivity index (χ1n) is 28.5. The Hall–Kier alpha value is -9.11. The summed E-state index contributed by atoms with van der Waals surface area (Å²) in [6, 6.07) is 46.2. The molecule has 3 aromatic heterocycles. The maximum atomic E-state index is 12.3. The molecule has 2 aliphatic rings. The first-order chi connectivity index (χ1) is 42.2. The van der Waals surface area contributed by atoms with Gasteiger partial charge in [-0.3, -0.25) is 14.4 Å². The molecular weight excluding hydrogens is 1130 g/mol. The van der Waals surface area contributed by atoms with Gasteiger partial charge in [0.05, 0.1) is 67.7 Å². The molecule has 0 radical (unpaired) electrons. The van der Waals surface area contributed by atoms with Crippen LogP contribution in [0.2, 0.25) is 0 Å². The summed E-state index contributed by atoms with van der Waals surface area (Å²) in [6.45, 7) is 0.325. The molecule has 0 saturated heterocycles. The number of rotatable bonds is 17. The Morgan fingerprint density at radius 2 is 0.841 bits per heavy atom. The molecular formula is C68H69N6NaO13. The van der Waals surface area contributed by atoms with Crippen LogP contribution in [0, 0.1) is 0 Å². The number of carbonyl (C=O) groups is 5. The van der Waals surface area contributed by atoms with E-state index in [0.717, 1.165) is 100 Å². The minimum atomic E-state index is -0.815. The fraction of sp³-hybridized carbons (Fsp3) is 0.250. The van der Waals surface area contributed by atoms with Crippen molar-refractivity contribution in [1.82, 2.24) is 13.7 Å². The average molecular weight is 1200 g/mol. The van der Waals surface area contributed by atoms with Crippen molar-refractivity contribution in [3.8, 4) is 34.5 Å². The predicted octanol–water partition coefficient (Wildman–Crippen LogP) is 8.31. The van der Waals surface area contributed by atoms with Crippen molar-refractivity contribution in [3.63, 3.8) is 0 Å². The van der Waals surface area contributed by atoms with Gasteiger partial charge in [0.15, 0.2) is 0 Å². The number of aliphatic hydroxyl groups is 2. The maximum absolute atomic E-state index is 12.3. The Bertz CT molecular complexity index is 4220. The van der Waals surface area contributed by atoms with Crippen LogP contribution < -0.4 is 45.6 Å². The van der Waals surface area contributed by atoms with Crippen molar-refractivity contribution in [2.24, 2.45) is 17.2 Å². The van der Waals surface area contributed by atoms with E-state index in [9.17, 15) is 29.1 Å². The van der Waals surface area contributed by atoms with Crippen LogP contribution >= 0.6 is 0 Å². The summed E-state index contributed by atoms with van der Waals surface area (Å²) in [5.41, 5.74) is 28.2. The van der Waals surface area contributed by atoms with Crippen molar-refractivity contribution in [2.75, 3.05) is 41.7 Å². The van der Waals surface area contributed by atoms with Gasteiger partial charge in [-0.2, -0.15) is 0 Å². The molecule has 19 nitrogen and oxygen atoms in total. The van der Waals surface area contributed by atoms with E-state index in [1.807, 2.05) is 114 Å². The number of amides is 3. The van der Waals surface area contributed by atoms with Gasteiger partial charge in [-0.15, -0.1) is 0 Å². The van der Waals surface area contributed by atoms with Gasteiger partial charge >= 0.3 is 41.5 Å². The number of aliphatic hydroxyl groups excluding tert-OH is 2. The molecule has 0 fully saturated rings. The molecule has 2 atom stereocenters. The third kappa shape index (κ3) is 13.0. The molecule has 88 heavy (non-hydrogen) atoms. The fourth-order valence-electron chi connectivity index (χ4n) is 12.3. The van der Waals surface area contributed by atoms with Gasteiger partial charge in [0.25, 0.3) is 0 Å².